The van der Waals surface area contributed by atoms with Gasteiger partial charge in [-0.3, -0.25) is 0 Å². The van der Waals surface area contributed by atoms with E-state index in [-0.39, 0.29) is 0 Å². The lowest BCUT2D eigenvalue weighted by atomic mass is 9.95. The van der Waals surface area contributed by atoms with E-state index < -0.39 is 0 Å². The molecule has 0 radical (unpaired) electrons. The fraction of sp³-hybridized carbons (Fsp3) is 0.846. The van der Waals surface area contributed by atoms with Crippen LogP contribution in [0.25, 0.3) is 0 Å². The molecular weight excluding hydrogens is 186 g/mol. The van der Waals surface area contributed by atoms with Crippen molar-refractivity contribution in [3.05, 3.63) is 12.2 Å². The van der Waals surface area contributed by atoms with E-state index in [0.29, 0.717) is 24.3 Å². The first-order valence-corrected chi connectivity index (χ1v) is 6.30. The first kappa shape index (κ1) is 11.2. The van der Waals surface area contributed by atoms with E-state index in [1.165, 1.54) is 32.1 Å². The lowest BCUT2D eigenvalue weighted by Gasteiger charge is -2.35. The molecule has 1 heterocycles. The van der Waals surface area contributed by atoms with Crippen molar-refractivity contribution < 1.29 is 4.74 Å². The quantitative estimate of drug-likeness (QED) is 0.706. The zero-order valence-corrected chi connectivity index (χ0v) is 9.91. The van der Waals surface area contributed by atoms with Crippen LogP contribution in [0.15, 0.2) is 12.2 Å². The molecule has 3 unspecified atom stereocenters. The van der Waals surface area contributed by atoms with E-state index in [2.05, 4.69) is 31.3 Å². The van der Waals surface area contributed by atoms with Gasteiger partial charge in [0, 0.05) is 12.1 Å². The van der Waals surface area contributed by atoms with Gasteiger partial charge in [-0.15, -0.1) is 0 Å². The Kier molecular flexibility index (Phi) is 3.81. The van der Waals surface area contributed by atoms with Gasteiger partial charge in [-0.25, -0.2) is 0 Å². The van der Waals surface area contributed by atoms with Gasteiger partial charge in [0.2, 0.25) is 0 Å². The van der Waals surface area contributed by atoms with E-state index in [1.54, 1.807) is 0 Å². The minimum Gasteiger partial charge on any atom is -0.375 e. The maximum Gasteiger partial charge on any atom is 0.0565 e. The minimum absolute atomic E-state index is 0.422. The van der Waals surface area contributed by atoms with Crippen LogP contribution in [0, 0.1) is 0 Å². The van der Waals surface area contributed by atoms with Crippen molar-refractivity contribution in [2.45, 2.75) is 70.2 Å². The van der Waals surface area contributed by atoms with Crippen molar-refractivity contribution in [3.8, 4) is 0 Å². The van der Waals surface area contributed by atoms with Crippen molar-refractivity contribution in [1.29, 1.82) is 0 Å². The van der Waals surface area contributed by atoms with E-state index >= 15 is 0 Å². The molecule has 0 spiro atoms. The van der Waals surface area contributed by atoms with E-state index in [1.807, 2.05) is 0 Å². The summed E-state index contributed by atoms with van der Waals surface area (Å²) in [5.74, 6) is 0. The predicted octanol–water partition coefficient (Wildman–Crippen LogP) is 2.64. The maximum absolute atomic E-state index is 5.75. The maximum atomic E-state index is 5.75. The van der Waals surface area contributed by atoms with Gasteiger partial charge in [0.1, 0.15) is 0 Å². The molecule has 0 bridgehead atoms. The van der Waals surface area contributed by atoms with E-state index in [9.17, 15) is 0 Å². The van der Waals surface area contributed by atoms with Crippen molar-refractivity contribution in [3.63, 3.8) is 0 Å². The van der Waals surface area contributed by atoms with Gasteiger partial charge < -0.3 is 10.1 Å². The van der Waals surface area contributed by atoms with Crippen molar-refractivity contribution >= 4 is 0 Å². The molecule has 2 nitrogen and oxygen atoms in total. The fourth-order valence-corrected chi connectivity index (χ4v) is 2.82. The number of allylic oxidation sites excluding steroid dienone is 1. The lowest BCUT2D eigenvalue weighted by molar-refractivity contribution is -0.0436. The standard InChI is InChI=1S/C13H23NO/c1-10-8-13(9-11(2)15-10)14-12-6-4-3-5-7-12/h3-4,10-14H,5-9H2,1-2H3. The Morgan fingerprint density at radius 1 is 1.07 bits per heavy atom. The molecule has 1 aliphatic carbocycles. The zero-order chi connectivity index (χ0) is 10.7. The van der Waals surface area contributed by atoms with Gasteiger partial charge in [0.05, 0.1) is 12.2 Å². The van der Waals surface area contributed by atoms with Gasteiger partial charge in [0.15, 0.2) is 0 Å². The molecular formula is C13H23NO. The molecule has 1 N–H and O–H groups in total. The number of nitrogens with one attached hydrogen (secondary N) is 1. The molecule has 1 aliphatic heterocycles. The minimum atomic E-state index is 0.422. The average molecular weight is 209 g/mol. The van der Waals surface area contributed by atoms with Gasteiger partial charge >= 0.3 is 0 Å². The van der Waals surface area contributed by atoms with Gasteiger partial charge in [-0.05, 0) is 46.0 Å². The monoisotopic (exact) mass is 209 g/mol. The summed E-state index contributed by atoms with van der Waals surface area (Å²) in [6.45, 7) is 4.37. The average Bonchev–Trinajstić information content (AvgIpc) is 2.17. The number of hydrogen-bond acceptors (Lipinski definition) is 2. The fourth-order valence-electron chi connectivity index (χ4n) is 2.82. The summed E-state index contributed by atoms with van der Waals surface area (Å²) in [4.78, 5) is 0. The normalized spacial score (nSPS) is 41.7. The summed E-state index contributed by atoms with van der Waals surface area (Å²) in [7, 11) is 0. The number of ether oxygens (including phenoxy) is 1. The number of hydrogen-bond donors (Lipinski definition) is 1. The lowest BCUT2D eigenvalue weighted by Crippen LogP contribution is -2.45. The summed E-state index contributed by atoms with van der Waals surface area (Å²) in [6.07, 6.45) is 11.6. The second kappa shape index (κ2) is 5.13. The highest BCUT2D eigenvalue weighted by atomic mass is 16.5. The van der Waals surface area contributed by atoms with Crippen LogP contribution in [0.2, 0.25) is 0 Å². The van der Waals surface area contributed by atoms with E-state index in [4.69, 9.17) is 4.74 Å². The molecule has 3 atom stereocenters. The summed E-state index contributed by atoms with van der Waals surface area (Å²) < 4.78 is 5.75. The van der Waals surface area contributed by atoms with Crippen molar-refractivity contribution in [2.24, 2.45) is 0 Å². The van der Waals surface area contributed by atoms with Crippen LogP contribution in [-0.4, -0.2) is 24.3 Å². The molecule has 1 fully saturated rings. The first-order valence-electron chi connectivity index (χ1n) is 6.30. The third-order valence-corrected chi connectivity index (χ3v) is 3.44. The second-order valence-electron chi connectivity index (χ2n) is 5.07. The molecule has 2 aliphatic rings. The smallest absolute Gasteiger partial charge is 0.0565 e. The summed E-state index contributed by atoms with van der Waals surface area (Å²) in [5.41, 5.74) is 0. The highest BCUT2D eigenvalue weighted by Crippen LogP contribution is 2.21. The Morgan fingerprint density at radius 2 is 1.80 bits per heavy atom. The van der Waals surface area contributed by atoms with Gasteiger partial charge in [0.25, 0.3) is 0 Å². The molecule has 2 rings (SSSR count). The van der Waals surface area contributed by atoms with Gasteiger partial charge in [-0.1, -0.05) is 12.2 Å². The number of rotatable bonds is 2. The molecule has 0 aromatic rings. The highest BCUT2D eigenvalue weighted by Gasteiger charge is 2.25. The van der Waals surface area contributed by atoms with Crippen LogP contribution in [-0.2, 0) is 4.74 Å². The van der Waals surface area contributed by atoms with Crippen LogP contribution >= 0.6 is 0 Å². The van der Waals surface area contributed by atoms with Crippen LogP contribution in [0.1, 0.15) is 46.0 Å². The second-order valence-corrected chi connectivity index (χ2v) is 5.07. The van der Waals surface area contributed by atoms with Crippen LogP contribution in [0.4, 0.5) is 0 Å². The van der Waals surface area contributed by atoms with Gasteiger partial charge in [-0.2, -0.15) is 0 Å². The van der Waals surface area contributed by atoms with Crippen molar-refractivity contribution in [2.75, 3.05) is 0 Å². The molecule has 0 aromatic carbocycles. The molecule has 2 heteroatoms. The third kappa shape index (κ3) is 3.32. The van der Waals surface area contributed by atoms with E-state index in [0.717, 1.165) is 0 Å². The first-order chi connectivity index (χ1) is 7.24. The predicted molar refractivity (Wildman–Crippen MR) is 62.9 cm³/mol. The third-order valence-electron chi connectivity index (χ3n) is 3.44. The SMILES string of the molecule is CC1CC(NC2CC=CCC2)CC(C)O1. The summed E-state index contributed by atoms with van der Waals surface area (Å²) in [6, 6.07) is 1.37. The Bertz CT molecular complexity index is 217. The Morgan fingerprint density at radius 3 is 2.40 bits per heavy atom. The van der Waals surface area contributed by atoms with Crippen LogP contribution in [0.5, 0.6) is 0 Å². The highest BCUT2D eigenvalue weighted by molar-refractivity contribution is 4.94. The zero-order valence-electron chi connectivity index (χ0n) is 9.91. The molecule has 0 saturated carbocycles. The van der Waals surface area contributed by atoms with Crippen molar-refractivity contribution in [1.82, 2.24) is 5.32 Å². The Labute approximate surface area is 93.1 Å². The topological polar surface area (TPSA) is 21.3 Å². The molecule has 86 valence electrons. The summed E-state index contributed by atoms with van der Waals surface area (Å²) in [5, 5.41) is 3.79. The Balaban J connectivity index is 1.80. The molecule has 15 heavy (non-hydrogen) atoms. The molecule has 1 saturated heterocycles. The largest absolute Gasteiger partial charge is 0.375 e. The Hall–Kier alpha value is -0.340. The molecule has 0 aromatic heterocycles. The summed E-state index contributed by atoms with van der Waals surface area (Å²) >= 11 is 0. The molecule has 0 amide bonds. The van der Waals surface area contributed by atoms with Crippen LogP contribution in [0.3, 0.4) is 0 Å². The van der Waals surface area contributed by atoms with Crippen LogP contribution < -0.4 is 5.32 Å².